The van der Waals surface area contributed by atoms with Crippen molar-refractivity contribution in [1.82, 2.24) is 5.32 Å². The second-order valence-electron chi connectivity index (χ2n) is 2.56. The number of nitrogens with one attached hydrogen (secondary N) is 1. The van der Waals surface area contributed by atoms with Gasteiger partial charge in [0.05, 0.1) is 6.61 Å². The van der Waals surface area contributed by atoms with Crippen LogP contribution in [0.5, 0.6) is 0 Å². The van der Waals surface area contributed by atoms with Crippen molar-refractivity contribution in [2.75, 3.05) is 26.3 Å². The first-order valence-corrected chi connectivity index (χ1v) is 4.19. The second kappa shape index (κ2) is 8.64. The number of nitrogens with two attached hydrogens (primary N) is 1. The minimum Gasteiger partial charge on any atom is -0.409 e. The van der Waals surface area contributed by atoms with E-state index in [1.807, 2.05) is 0 Å². The molecule has 0 atom stereocenters. The van der Waals surface area contributed by atoms with Crippen molar-refractivity contribution < 1.29 is 18.7 Å². The molecule has 0 bridgehead atoms. The van der Waals surface area contributed by atoms with Gasteiger partial charge in [0.15, 0.2) is 0 Å². The molecule has 4 N–H and O–H groups in total. The van der Waals surface area contributed by atoms with Gasteiger partial charge < -0.3 is 21.0 Å². The lowest BCUT2D eigenvalue weighted by Crippen LogP contribution is -2.25. The van der Waals surface area contributed by atoms with Gasteiger partial charge in [-0.25, -0.2) is 8.78 Å². The van der Waals surface area contributed by atoms with Crippen molar-refractivity contribution in [2.24, 2.45) is 10.9 Å². The van der Waals surface area contributed by atoms with Crippen LogP contribution < -0.4 is 11.1 Å². The van der Waals surface area contributed by atoms with E-state index in [4.69, 9.17) is 10.9 Å². The Hall–Kier alpha value is -0.950. The van der Waals surface area contributed by atoms with Crippen LogP contribution in [-0.4, -0.2) is 43.8 Å². The van der Waals surface area contributed by atoms with E-state index < -0.39 is 13.0 Å². The Morgan fingerprint density at radius 2 is 2.21 bits per heavy atom. The fourth-order valence-electron chi connectivity index (χ4n) is 0.708. The second-order valence-corrected chi connectivity index (χ2v) is 2.56. The van der Waals surface area contributed by atoms with Gasteiger partial charge in [-0.2, -0.15) is 0 Å². The summed E-state index contributed by atoms with van der Waals surface area (Å²) in [4.78, 5) is 0. The number of hydrogen-bond acceptors (Lipinski definition) is 4. The van der Waals surface area contributed by atoms with Crippen LogP contribution in [0.4, 0.5) is 8.78 Å². The molecule has 84 valence electrons. The highest BCUT2D eigenvalue weighted by Crippen LogP contribution is 1.91. The van der Waals surface area contributed by atoms with Crippen molar-refractivity contribution in [3.05, 3.63) is 0 Å². The summed E-state index contributed by atoms with van der Waals surface area (Å²) in [5, 5.41) is 13.8. The van der Waals surface area contributed by atoms with Crippen molar-refractivity contribution in [2.45, 2.75) is 12.8 Å². The molecule has 0 heterocycles. The molecule has 14 heavy (non-hydrogen) atoms. The number of oxime groups is 1. The quantitative estimate of drug-likeness (QED) is 0.173. The molecule has 0 rings (SSSR count). The Morgan fingerprint density at radius 3 is 2.79 bits per heavy atom. The van der Waals surface area contributed by atoms with E-state index >= 15 is 0 Å². The molecule has 7 heteroatoms. The first-order chi connectivity index (χ1) is 6.66. The van der Waals surface area contributed by atoms with E-state index in [-0.39, 0.29) is 12.4 Å². The molecule has 0 aliphatic carbocycles. The third-order valence-electron chi connectivity index (χ3n) is 1.35. The van der Waals surface area contributed by atoms with Gasteiger partial charge in [0, 0.05) is 19.5 Å². The molecule has 0 aromatic carbocycles. The van der Waals surface area contributed by atoms with E-state index in [2.05, 4.69) is 15.2 Å². The lowest BCUT2D eigenvalue weighted by Gasteiger charge is -2.04. The van der Waals surface area contributed by atoms with E-state index in [0.717, 1.165) is 0 Å². The van der Waals surface area contributed by atoms with Crippen LogP contribution in [0.1, 0.15) is 6.42 Å². The van der Waals surface area contributed by atoms with Gasteiger partial charge in [-0.1, -0.05) is 5.16 Å². The van der Waals surface area contributed by atoms with Crippen LogP contribution in [-0.2, 0) is 4.74 Å². The smallest absolute Gasteiger partial charge is 0.261 e. The Bertz CT molecular complexity index is 167. The lowest BCUT2D eigenvalue weighted by atomic mass is 10.4. The van der Waals surface area contributed by atoms with Gasteiger partial charge in [0.25, 0.3) is 6.43 Å². The molecule has 0 aliphatic rings. The summed E-state index contributed by atoms with van der Waals surface area (Å²) in [6.45, 7) is 0.668. The molecule has 0 unspecified atom stereocenters. The zero-order valence-electron chi connectivity index (χ0n) is 7.75. The highest BCUT2D eigenvalue weighted by atomic mass is 19.3. The minimum atomic E-state index is -2.42. The maximum atomic E-state index is 11.6. The third kappa shape index (κ3) is 9.14. The maximum Gasteiger partial charge on any atom is 0.261 e. The van der Waals surface area contributed by atoms with Gasteiger partial charge in [0.1, 0.15) is 12.4 Å². The number of halogens is 2. The van der Waals surface area contributed by atoms with E-state index in [1.54, 1.807) is 0 Å². The van der Waals surface area contributed by atoms with E-state index in [9.17, 15) is 8.78 Å². The lowest BCUT2D eigenvalue weighted by molar-refractivity contribution is 0.0188. The van der Waals surface area contributed by atoms with Crippen molar-refractivity contribution in [3.8, 4) is 0 Å². The van der Waals surface area contributed by atoms with Gasteiger partial charge in [-0.05, 0) is 0 Å². The van der Waals surface area contributed by atoms with Crippen molar-refractivity contribution in [3.63, 3.8) is 0 Å². The minimum absolute atomic E-state index is 0.131. The first kappa shape index (κ1) is 13.1. The number of amidine groups is 1. The van der Waals surface area contributed by atoms with Crippen LogP contribution in [0.15, 0.2) is 5.16 Å². The summed E-state index contributed by atoms with van der Waals surface area (Å²) >= 11 is 0. The maximum absolute atomic E-state index is 11.6. The molecular weight excluding hydrogens is 196 g/mol. The molecule has 0 spiro atoms. The fraction of sp³-hybridized carbons (Fsp3) is 0.857. The number of alkyl halides is 2. The van der Waals surface area contributed by atoms with Gasteiger partial charge in [0.2, 0.25) is 0 Å². The van der Waals surface area contributed by atoms with Crippen LogP contribution in [0.3, 0.4) is 0 Å². The number of ether oxygens (including phenoxy) is 1. The highest BCUT2D eigenvalue weighted by molar-refractivity contribution is 5.79. The molecular formula is C7H15F2N3O2. The Balaban J connectivity index is 3.07. The predicted molar refractivity (Wildman–Crippen MR) is 47.7 cm³/mol. The van der Waals surface area contributed by atoms with Crippen molar-refractivity contribution >= 4 is 5.84 Å². The zero-order chi connectivity index (χ0) is 10.8. The average Bonchev–Trinajstić information content (AvgIpc) is 2.15. The van der Waals surface area contributed by atoms with E-state index in [0.29, 0.717) is 19.5 Å². The Labute approximate surface area is 80.9 Å². The standard InChI is InChI=1S/C7H15F2N3O2/c8-6(9)5-14-4-3-11-2-1-7(10)12-13/h6,11,13H,1-5H2,(H2,10,12). The average molecular weight is 211 g/mol. The highest BCUT2D eigenvalue weighted by Gasteiger charge is 2.00. The van der Waals surface area contributed by atoms with Crippen LogP contribution in [0.2, 0.25) is 0 Å². The molecule has 0 aromatic rings. The van der Waals surface area contributed by atoms with Gasteiger partial charge >= 0.3 is 0 Å². The van der Waals surface area contributed by atoms with Crippen LogP contribution in [0, 0.1) is 0 Å². The Morgan fingerprint density at radius 1 is 1.50 bits per heavy atom. The molecule has 0 aromatic heterocycles. The largest absolute Gasteiger partial charge is 0.409 e. The summed E-state index contributed by atoms with van der Waals surface area (Å²) in [7, 11) is 0. The van der Waals surface area contributed by atoms with Crippen LogP contribution in [0.25, 0.3) is 0 Å². The first-order valence-electron chi connectivity index (χ1n) is 4.19. The molecule has 5 nitrogen and oxygen atoms in total. The van der Waals surface area contributed by atoms with Crippen molar-refractivity contribution in [1.29, 1.82) is 0 Å². The molecule has 0 saturated heterocycles. The summed E-state index contributed by atoms with van der Waals surface area (Å²) in [6.07, 6.45) is -2.02. The SMILES string of the molecule is NC(CCNCCOCC(F)F)=NO. The molecule has 0 amide bonds. The summed E-state index contributed by atoms with van der Waals surface area (Å²) in [5.74, 6) is 0.131. The topological polar surface area (TPSA) is 79.9 Å². The summed E-state index contributed by atoms with van der Waals surface area (Å²) < 4.78 is 27.7. The predicted octanol–water partition coefficient (Wildman–Crippen LogP) is -0.00580. The normalized spacial score (nSPS) is 12.4. The molecule has 0 saturated carbocycles. The number of hydrogen-bond donors (Lipinski definition) is 3. The number of rotatable bonds is 8. The zero-order valence-corrected chi connectivity index (χ0v) is 7.75. The fourth-order valence-corrected chi connectivity index (χ4v) is 0.708. The summed E-state index contributed by atoms with van der Waals surface area (Å²) in [5.41, 5.74) is 5.18. The monoisotopic (exact) mass is 211 g/mol. The molecule has 0 radical (unpaired) electrons. The molecule has 0 fully saturated rings. The molecule has 0 aliphatic heterocycles. The van der Waals surface area contributed by atoms with E-state index in [1.165, 1.54) is 0 Å². The summed E-state index contributed by atoms with van der Waals surface area (Å²) in [6, 6.07) is 0. The van der Waals surface area contributed by atoms with Gasteiger partial charge in [-0.3, -0.25) is 0 Å². The van der Waals surface area contributed by atoms with Gasteiger partial charge in [-0.15, -0.1) is 0 Å². The van der Waals surface area contributed by atoms with Crippen LogP contribution >= 0.6 is 0 Å². The third-order valence-corrected chi connectivity index (χ3v) is 1.35. The Kier molecular flexibility index (Phi) is 8.05. The number of nitrogens with zero attached hydrogens (tertiary/aromatic N) is 1.